The van der Waals surface area contributed by atoms with E-state index in [1.54, 1.807) is 13.1 Å². The van der Waals surface area contributed by atoms with Crippen molar-refractivity contribution >= 4 is 0 Å². The highest BCUT2D eigenvalue weighted by Crippen LogP contribution is 2.16. The van der Waals surface area contributed by atoms with Gasteiger partial charge in [0.1, 0.15) is 0 Å². The zero-order chi connectivity index (χ0) is 14.2. The third kappa shape index (κ3) is 4.74. The van der Waals surface area contributed by atoms with Crippen molar-refractivity contribution in [2.45, 2.75) is 26.0 Å². The zero-order valence-electron chi connectivity index (χ0n) is 11.7. The Kier molecular flexibility index (Phi) is 5.68. The van der Waals surface area contributed by atoms with Gasteiger partial charge in [-0.25, -0.2) is 0 Å². The van der Waals surface area contributed by atoms with Crippen LogP contribution >= 0.6 is 0 Å². The number of nitrogens with zero attached hydrogens (tertiary/aromatic N) is 1. The molecule has 1 unspecified atom stereocenters. The van der Waals surface area contributed by atoms with Gasteiger partial charge in [-0.2, -0.15) is 0 Å². The molecule has 0 radical (unpaired) electrons. The Balaban J connectivity index is 1.80. The van der Waals surface area contributed by atoms with Crippen LogP contribution in [0.5, 0.6) is 0 Å². The van der Waals surface area contributed by atoms with Crippen molar-refractivity contribution in [2.75, 3.05) is 6.54 Å². The quantitative estimate of drug-likeness (QED) is 0.533. The van der Waals surface area contributed by atoms with Crippen LogP contribution in [0.25, 0.3) is 11.3 Å². The third-order valence-corrected chi connectivity index (χ3v) is 3.02. The summed E-state index contributed by atoms with van der Waals surface area (Å²) >= 11 is 0. The number of hydrogen-bond acceptors (Lipinski definition) is 4. The van der Waals surface area contributed by atoms with Gasteiger partial charge in [-0.3, -0.25) is 15.8 Å². The largest absolute Gasteiger partial charge is 0.393 e. The van der Waals surface area contributed by atoms with Gasteiger partial charge >= 0.3 is 0 Å². The lowest BCUT2D eigenvalue weighted by molar-refractivity contribution is 0.182. The van der Waals surface area contributed by atoms with E-state index >= 15 is 0 Å². The van der Waals surface area contributed by atoms with E-state index in [-0.39, 0.29) is 6.10 Å². The molecule has 1 aromatic carbocycles. The van der Waals surface area contributed by atoms with Crippen LogP contribution in [0.4, 0.5) is 0 Å². The molecule has 0 amide bonds. The molecule has 0 aliphatic heterocycles. The minimum absolute atomic E-state index is 0.262. The van der Waals surface area contributed by atoms with Gasteiger partial charge < -0.3 is 5.11 Å². The Bertz CT molecular complexity index is 497. The maximum atomic E-state index is 9.13. The second kappa shape index (κ2) is 7.75. The van der Waals surface area contributed by atoms with Crippen LogP contribution in [0.2, 0.25) is 0 Å². The van der Waals surface area contributed by atoms with Gasteiger partial charge in [0.2, 0.25) is 0 Å². The minimum Gasteiger partial charge on any atom is -0.393 e. The van der Waals surface area contributed by atoms with Crippen LogP contribution in [0.3, 0.4) is 0 Å². The van der Waals surface area contributed by atoms with Crippen LogP contribution in [0.15, 0.2) is 48.7 Å². The average molecular weight is 271 g/mol. The third-order valence-electron chi connectivity index (χ3n) is 3.02. The summed E-state index contributed by atoms with van der Waals surface area (Å²) < 4.78 is 0. The fourth-order valence-corrected chi connectivity index (χ4v) is 1.86. The predicted octanol–water partition coefficient (Wildman–Crippen LogP) is 2.11. The van der Waals surface area contributed by atoms with Gasteiger partial charge in [-0.1, -0.05) is 30.3 Å². The van der Waals surface area contributed by atoms with E-state index in [1.165, 1.54) is 5.56 Å². The van der Waals surface area contributed by atoms with Crippen LogP contribution in [-0.4, -0.2) is 22.7 Å². The summed E-state index contributed by atoms with van der Waals surface area (Å²) in [6, 6.07) is 14.3. The lowest BCUT2D eigenvalue weighted by Crippen LogP contribution is -2.33. The van der Waals surface area contributed by atoms with Gasteiger partial charge in [0.25, 0.3) is 0 Å². The maximum absolute atomic E-state index is 9.13. The SMILES string of the molecule is CC(O)CCNNCc1ccc(-c2ccccn2)cc1. The fourth-order valence-electron chi connectivity index (χ4n) is 1.86. The molecule has 1 aromatic heterocycles. The molecule has 0 aliphatic carbocycles. The Hall–Kier alpha value is -1.75. The summed E-state index contributed by atoms with van der Waals surface area (Å²) in [5.74, 6) is 0. The Labute approximate surface area is 119 Å². The first-order valence-corrected chi connectivity index (χ1v) is 6.90. The molecule has 0 fully saturated rings. The first-order chi connectivity index (χ1) is 9.75. The molecular formula is C16H21N3O. The highest BCUT2D eigenvalue weighted by molar-refractivity contribution is 5.58. The topological polar surface area (TPSA) is 57.2 Å². The molecule has 4 heteroatoms. The number of nitrogens with one attached hydrogen (secondary N) is 2. The second-order valence-electron chi connectivity index (χ2n) is 4.83. The highest BCUT2D eigenvalue weighted by atomic mass is 16.3. The van der Waals surface area contributed by atoms with Gasteiger partial charge in [0.05, 0.1) is 11.8 Å². The molecule has 0 spiro atoms. The molecule has 106 valence electrons. The molecule has 4 nitrogen and oxygen atoms in total. The number of rotatable bonds is 7. The summed E-state index contributed by atoms with van der Waals surface area (Å²) in [5.41, 5.74) is 9.54. The Morgan fingerprint density at radius 1 is 1.10 bits per heavy atom. The first-order valence-electron chi connectivity index (χ1n) is 6.90. The normalized spacial score (nSPS) is 12.3. The number of aliphatic hydroxyl groups is 1. The fraction of sp³-hybridized carbons (Fsp3) is 0.312. The predicted molar refractivity (Wildman–Crippen MR) is 80.8 cm³/mol. The summed E-state index contributed by atoms with van der Waals surface area (Å²) in [5, 5.41) is 9.13. The van der Waals surface area contributed by atoms with E-state index in [0.717, 1.165) is 30.8 Å². The van der Waals surface area contributed by atoms with E-state index in [1.807, 2.05) is 18.2 Å². The van der Waals surface area contributed by atoms with Crippen LogP contribution in [0, 0.1) is 0 Å². The molecule has 1 atom stereocenters. The number of aliphatic hydroxyl groups excluding tert-OH is 1. The number of hydrazine groups is 1. The van der Waals surface area contributed by atoms with Crippen molar-refractivity contribution in [1.29, 1.82) is 0 Å². The molecular weight excluding hydrogens is 250 g/mol. The molecule has 1 heterocycles. The van der Waals surface area contributed by atoms with Crippen LogP contribution in [0.1, 0.15) is 18.9 Å². The van der Waals surface area contributed by atoms with E-state index in [4.69, 9.17) is 5.11 Å². The van der Waals surface area contributed by atoms with E-state index < -0.39 is 0 Å². The molecule has 20 heavy (non-hydrogen) atoms. The van der Waals surface area contributed by atoms with E-state index in [9.17, 15) is 0 Å². The van der Waals surface area contributed by atoms with Crippen molar-refractivity contribution in [3.8, 4) is 11.3 Å². The van der Waals surface area contributed by atoms with Crippen LogP contribution < -0.4 is 10.9 Å². The maximum Gasteiger partial charge on any atom is 0.0701 e. The Morgan fingerprint density at radius 2 is 1.90 bits per heavy atom. The summed E-state index contributed by atoms with van der Waals surface area (Å²) in [6.07, 6.45) is 2.28. The molecule has 2 aromatic rings. The molecule has 0 aliphatic rings. The summed E-state index contributed by atoms with van der Waals surface area (Å²) in [4.78, 5) is 4.33. The van der Waals surface area contributed by atoms with Crippen molar-refractivity contribution in [1.82, 2.24) is 15.8 Å². The van der Waals surface area contributed by atoms with E-state index in [0.29, 0.717) is 0 Å². The van der Waals surface area contributed by atoms with Gasteiger partial charge in [-0.15, -0.1) is 0 Å². The first kappa shape index (κ1) is 14.7. The average Bonchev–Trinajstić information content (AvgIpc) is 2.48. The Morgan fingerprint density at radius 3 is 2.55 bits per heavy atom. The van der Waals surface area contributed by atoms with Crippen molar-refractivity contribution in [2.24, 2.45) is 0 Å². The van der Waals surface area contributed by atoms with Crippen molar-refractivity contribution in [3.63, 3.8) is 0 Å². The standard InChI is InChI=1S/C16H21N3O/c1-13(20)9-11-18-19-12-14-5-7-15(8-6-14)16-4-2-3-10-17-16/h2-8,10,13,18-20H,9,11-12H2,1H3. The van der Waals surface area contributed by atoms with Crippen LogP contribution in [-0.2, 0) is 6.54 Å². The van der Waals surface area contributed by atoms with Crippen molar-refractivity contribution < 1.29 is 5.11 Å². The number of benzene rings is 1. The smallest absolute Gasteiger partial charge is 0.0701 e. The van der Waals surface area contributed by atoms with Gasteiger partial charge in [0, 0.05) is 24.8 Å². The summed E-state index contributed by atoms with van der Waals surface area (Å²) in [7, 11) is 0. The number of hydrogen-bond donors (Lipinski definition) is 3. The van der Waals surface area contributed by atoms with Crippen molar-refractivity contribution in [3.05, 3.63) is 54.2 Å². The molecule has 0 saturated carbocycles. The summed E-state index contributed by atoms with van der Waals surface area (Å²) in [6.45, 7) is 3.30. The lowest BCUT2D eigenvalue weighted by Gasteiger charge is -2.09. The number of pyridine rings is 1. The highest BCUT2D eigenvalue weighted by Gasteiger charge is 1.99. The second-order valence-corrected chi connectivity index (χ2v) is 4.83. The molecule has 0 saturated heterocycles. The van der Waals surface area contributed by atoms with Gasteiger partial charge in [0.15, 0.2) is 0 Å². The number of aromatic nitrogens is 1. The molecule has 3 N–H and O–H groups in total. The molecule has 2 rings (SSSR count). The molecule has 0 bridgehead atoms. The minimum atomic E-state index is -0.262. The monoisotopic (exact) mass is 271 g/mol. The lowest BCUT2D eigenvalue weighted by atomic mass is 10.1. The zero-order valence-corrected chi connectivity index (χ0v) is 11.7. The van der Waals surface area contributed by atoms with E-state index in [2.05, 4.69) is 40.1 Å². The van der Waals surface area contributed by atoms with Gasteiger partial charge in [-0.05, 0) is 31.0 Å².